The molecule has 0 atom stereocenters. The quantitative estimate of drug-likeness (QED) is 0.891. The fraction of sp³-hybridized carbons (Fsp3) is 0.647. The molecule has 0 amide bonds. The van der Waals surface area contributed by atoms with Crippen LogP contribution in [0.25, 0.3) is 0 Å². The molecule has 0 aromatic heterocycles. The monoisotopic (exact) mass is 275 g/mol. The number of hydrogen-bond donors (Lipinski definition) is 2. The van der Waals surface area contributed by atoms with Crippen molar-refractivity contribution in [3.63, 3.8) is 0 Å². The fourth-order valence-electron chi connectivity index (χ4n) is 3.21. The Labute approximate surface area is 121 Å². The van der Waals surface area contributed by atoms with Crippen molar-refractivity contribution in [2.45, 2.75) is 64.2 Å². The summed E-state index contributed by atoms with van der Waals surface area (Å²) in [6.07, 6.45) is 6.25. The van der Waals surface area contributed by atoms with Crippen LogP contribution in [0.1, 0.15) is 56.2 Å². The molecule has 2 aliphatic rings. The third-order valence-electron chi connectivity index (χ3n) is 4.48. The molecule has 3 rings (SSSR count). The van der Waals surface area contributed by atoms with Crippen LogP contribution in [-0.4, -0.2) is 17.8 Å². The average Bonchev–Trinajstić information content (AvgIpc) is 2.90. The molecule has 1 aliphatic heterocycles. The van der Waals surface area contributed by atoms with Crippen LogP contribution in [0.4, 0.5) is 0 Å². The smallest absolute Gasteiger partial charge is 0.124 e. The molecule has 3 nitrogen and oxygen atoms in total. The Bertz CT molecular complexity index is 484. The lowest BCUT2D eigenvalue weighted by molar-refractivity contribution is 0.0778. The van der Waals surface area contributed by atoms with E-state index < -0.39 is 5.60 Å². The van der Waals surface area contributed by atoms with E-state index in [-0.39, 0.29) is 0 Å². The first-order valence-electron chi connectivity index (χ1n) is 7.80. The summed E-state index contributed by atoms with van der Waals surface area (Å²) in [4.78, 5) is 0. The molecular formula is C17H25NO2. The number of nitrogens with one attached hydrogen (secondary N) is 1. The second-order valence-corrected chi connectivity index (χ2v) is 6.62. The van der Waals surface area contributed by atoms with Crippen molar-refractivity contribution < 1.29 is 9.84 Å². The molecule has 1 fully saturated rings. The van der Waals surface area contributed by atoms with Crippen LogP contribution in [0, 0.1) is 0 Å². The Morgan fingerprint density at radius 2 is 2.00 bits per heavy atom. The molecule has 1 aliphatic carbocycles. The molecule has 0 unspecified atom stereocenters. The fourth-order valence-corrected chi connectivity index (χ4v) is 3.21. The summed E-state index contributed by atoms with van der Waals surface area (Å²) in [5.74, 6) is 0.985. The molecule has 0 spiro atoms. The van der Waals surface area contributed by atoms with Crippen LogP contribution in [0.3, 0.4) is 0 Å². The largest absolute Gasteiger partial charge is 0.490 e. The van der Waals surface area contributed by atoms with Gasteiger partial charge in [0.05, 0.1) is 11.7 Å². The van der Waals surface area contributed by atoms with Gasteiger partial charge in [-0.15, -0.1) is 0 Å². The molecular weight excluding hydrogens is 250 g/mol. The highest BCUT2D eigenvalue weighted by molar-refractivity contribution is 5.46. The lowest BCUT2D eigenvalue weighted by atomic mass is 9.90. The molecule has 20 heavy (non-hydrogen) atoms. The Morgan fingerprint density at radius 3 is 2.70 bits per heavy atom. The van der Waals surface area contributed by atoms with Crippen LogP contribution < -0.4 is 10.1 Å². The van der Waals surface area contributed by atoms with E-state index in [1.807, 2.05) is 19.9 Å². The van der Waals surface area contributed by atoms with Gasteiger partial charge in [0.15, 0.2) is 0 Å². The van der Waals surface area contributed by atoms with Crippen molar-refractivity contribution >= 4 is 0 Å². The van der Waals surface area contributed by atoms with Gasteiger partial charge in [-0.1, -0.05) is 6.07 Å². The summed E-state index contributed by atoms with van der Waals surface area (Å²) in [5, 5.41) is 13.7. The van der Waals surface area contributed by atoms with E-state index in [1.165, 1.54) is 24.0 Å². The Hall–Kier alpha value is -1.06. The number of ether oxygens (including phenoxy) is 1. The highest BCUT2D eigenvalue weighted by Gasteiger charge is 2.24. The van der Waals surface area contributed by atoms with Gasteiger partial charge in [-0.3, -0.25) is 0 Å². The minimum atomic E-state index is -0.812. The zero-order valence-corrected chi connectivity index (χ0v) is 12.5. The maximum Gasteiger partial charge on any atom is 0.124 e. The van der Waals surface area contributed by atoms with E-state index in [0.717, 1.165) is 43.7 Å². The second kappa shape index (κ2) is 5.38. The molecule has 1 aromatic rings. The molecule has 1 aromatic carbocycles. The number of rotatable bonds is 3. The van der Waals surface area contributed by atoms with E-state index in [4.69, 9.17) is 4.74 Å². The third-order valence-corrected chi connectivity index (χ3v) is 4.48. The van der Waals surface area contributed by atoms with E-state index in [2.05, 4.69) is 11.4 Å². The van der Waals surface area contributed by atoms with Gasteiger partial charge >= 0.3 is 0 Å². The van der Waals surface area contributed by atoms with Gasteiger partial charge < -0.3 is 15.2 Å². The minimum absolute atomic E-state index is 0.359. The van der Waals surface area contributed by atoms with Crippen LogP contribution in [-0.2, 0) is 18.6 Å². The van der Waals surface area contributed by atoms with Gasteiger partial charge in [-0.05, 0) is 69.7 Å². The van der Waals surface area contributed by atoms with Crippen LogP contribution in [0.2, 0.25) is 0 Å². The first-order chi connectivity index (χ1) is 9.54. The van der Waals surface area contributed by atoms with Gasteiger partial charge in [0.25, 0.3) is 0 Å². The standard InChI is InChI=1S/C17H25NO2/c1-17(2,19)13-9-12-7-8-18-11-15(12)16(10-13)20-14-5-3-4-6-14/h9-10,14,18-19H,3-8,11H2,1-2H3. The van der Waals surface area contributed by atoms with E-state index in [9.17, 15) is 5.11 Å². The summed E-state index contributed by atoms with van der Waals surface area (Å²) >= 11 is 0. The summed E-state index contributed by atoms with van der Waals surface area (Å²) in [6.45, 7) is 5.57. The Balaban J connectivity index is 1.96. The van der Waals surface area contributed by atoms with Crippen molar-refractivity contribution in [1.29, 1.82) is 0 Å². The van der Waals surface area contributed by atoms with Gasteiger partial charge in [-0.25, -0.2) is 0 Å². The van der Waals surface area contributed by atoms with E-state index in [1.54, 1.807) is 0 Å². The highest BCUT2D eigenvalue weighted by Crippen LogP contribution is 2.34. The van der Waals surface area contributed by atoms with E-state index in [0.29, 0.717) is 6.10 Å². The molecule has 1 saturated carbocycles. The molecule has 3 heteroatoms. The van der Waals surface area contributed by atoms with Gasteiger partial charge in [0.1, 0.15) is 5.75 Å². The van der Waals surface area contributed by atoms with Crippen molar-refractivity contribution in [1.82, 2.24) is 5.32 Å². The highest BCUT2D eigenvalue weighted by atomic mass is 16.5. The lowest BCUT2D eigenvalue weighted by Crippen LogP contribution is -2.27. The van der Waals surface area contributed by atoms with Crippen molar-refractivity contribution in [3.8, 4) is 5.75 Å². The first-order valence-corrected chi connectivity index (χ1v) is 7.80. The zero-order valence-electron chi connectivity index (χ0n) is 12.5. The Morgan fingerprint density at radius 1 is 1.25 bits per heavy atom. The SMILES string of the molecule is CC(C)(O)c1cc2c(c(OC3CCCC3)c1)CNCC2. The summed E-state index contributed by atoms with van der Waals surface area (Å²) < 4.78 is 6.26. The summed E-state index contributed by atoms with van der Waals surface area (Å²) in [7, 11) is 0. The average molecular weight is 275 g/mol. The Kier molecular flexibility index (Phi) is 3.74. The predicted molar refractivity (Wildman–Crippen MR) is 80.0 cm³/mol. The number of hydrogen-bond acceptors (Lipinski definition) is 3. The third kappa shape index (κ3) is 2.84. The number of aliphatic hydroxyl groups is 1. The second-order valence-electron chi connectivity index (χ2n) is 6.62. The number of fused-ring (bicyclic) bond motifs is 1. The number of benzene rings is 1. The molecule has 0 bridgehead atoms. The topological polar surface area (TPSA) is 41.5 Å². The maximum atomic E-state index is 10.3. The first kappa shape index (κ1) is 13.9. The van der Waals surface area contributed by atoms with Crippen LogP contribution >= 0.6 is 0 Å². The van der Waals surface area contributed by atoms with Gasteiger partial charge in [0.2, 0.25) is 0 Å². The predicted octanol–water partition coefficient (Wildman–Crippen LogP) is 2.88. The molecule has 1 heterocycles. The normalized spacial score (nSPS) is 19.9. The van der Waals surface area contributed by atoms with E-state index >= 15 is 0 Å². The molecule has 2 N–H and O–H groups in total. The molecule has 110 valence electrons. The van der Waals surface area contributed by atoms with Crippen molar-refractivity contribution in [3.05, 3.63) is 28.8 Å². The molecule has 0 saturated heterocycles. The maximum absolute atomic E-state index is 10.3. The molecule has 0 radical (unpaired) electrons. The van der Waals surface area contributed by atoms with Crippen LogP contribution in [0.15, 0.2) is 12.1 Å². The zero-order chi connectivity index (χ0) is 14.2. The van der Waals surface area contributed by atoms with Crippen LogP contribution in [0.5, 0.6) is 5.75 Å². The summed E-state index contributed by atoms with van der Waals surface area (Å²) in [6, 6.07) is 4.20. The van der Waals surface area contributed by atoms with Crippen molar-refractivity contribution in [2.24, 2.45) is 0 Å². The summed E-state index contributed by atoms with van der Waals surface area (Å²) in [5.41, 5.74) is 2.77. The lowest BCUT2D eigenvalue weighted by Gasteiger charge is -2.27. The minimum Gasteiger partial charge on any atom is -0.490 e. The van der Waals surface area contributed by atoms with Gasteiger partial charge in [0, 0.05) is 12.1 Å². The van der Waals surface area contributed by atoms with Crippen molar-refractivity contribution in [2.75, 3.05) is 6.54 Å². The van der Waals surface area contributed by atoms with Gasteiger partial charge in [-0.2, -0.15) is 0 Å².